The predicted octanol–water partition coefficient (Wildman–Crippen LogP) is 4.75. The van der Waals surface area contributed by atoms with Gasteiger partial charge in [-0.3, -0.25) is 9.36 Å². The van der Waals surface area contributed by atoms with Crippen LogP contribution in [0.25, 0.3) is 17.1 Å². The summed E-state index contributed by atoms with van der Waals surface area (Å²) in [5.74, 6) is 1.48. The summed E-state index contributed by atoms with van der Waals surface area (Å²) in [5, 5.41) is 12.8. The van der Waals surface area contributed by atoms with Gasteiger partial charge in [0, 0.05) is 22.3 Å². The third-order valence-electron chi connectivity index (χ3n) is 4.70. The van der Waals surface area contributed by atoms with E-state index in [9.17, 15) is 4.79 Å². The minimum atomic E-state index is -0.288. The van der Waals surface area contributed by atoms with Gasteiger partial charge >= 0.3 is 0 Å². The molecule has 1 saturated carbocycles. The number of halogens is 1. The normalized spacial score (nSPS) is 14.4. The van der Waals surface area contributed by atoms with Gasteiger partial charge in [-0.15, -0.1) is 10.2 Å². The molecule has 1 fully saturated rings. The van der Waals surface area contributed by atoms with E-state index in [4.69, 9.17) is 16.3 Å². The summed E-state index contributed by atoms with van der Waals surface area (Å²) in [4.78, 5) is 12.5. The number of carbonyl (C=O) groups excluding carboxylic acids is 1. The molecule has 8 heteroatoms. The standard InChI is InChI=1S/C22H23ClN4O2S/c1-3-29-19-11-9-18(10-12-19)27-20(15-5-4-6-16(23)13-15)25-26-22(27)30-14(2)21(28)24-17-7-8-17/h4-6,9-14,17H,3,7-8H2,1-2H3,(H,24,28). The van der Waals surface area contributed by atoms with E-state index >= 15 is 0 Å². The lowest BCUT2D eigenvalue weighted by Crippen LogP contribution is -2.32. The van der Waals surface area contributed by atoms with Crippen molar-refractivity contribution in [3.63, 3.8) is 0 Å². The molecule has 0 aliphatic heterocycles. The molecule has 0 spiro atoms. The van der Waals surface area contributed by atoms with E-state index in [0.29, 0.717) is 28.7 Å². The molecule has 3 aromatic rings. The summed E-state index contributed by atoms with van der Waals surface area (Å²) in [5.41, 5.74) is 1.74. The second-order valence-electron chi connectivity index (χ2n) is 7.12. The Morgan fingerprint density at radius 3 is 2.70 bits per heavy atom. The van der Waals surface area contributed by atoms with Crippen LogP contribution in [0.2, 0.25) is 5.02 Å². The number of rotatable bonds is 8. The lowest BCUT2D eigenvalue weighted by Gasteiger charge is -2.14. The maximum absolute atomic E-state index is 12.5. The highest BCUT2D eigenvalue weighted by atomic mass is 35.5. The second kappa shape index (κ2) is 9.10. The highest BCUT2D eigenvalue weighted by Crippen LogP contribution is 2.32. The Balaban J connectivity index is 1.69. The first-order valence-electron chi connectivity index (χ1n) is 9.96. The number of benzene rings is 2. The summed E-state index contributed by atoms with van der Waals surface area (Å²) in [7, 11) is 0. The van der Waals surface area contributed by atoms with Gasteiger partial charge in [0.25, 0.3) is 0 Å². The minimum Gasteiger partial charge on any atom is -0.494 e. The topological polar surface area (TPSA) is 69.0 Å². The molecule has 1 aliphatic rings. The zero-order chi connectivity index (χ0) is 21.1. The number of amides is 1. The molecule has 1 unspecified atom stereocenters. The zero-order valence-corrected chi connectivity index (χ0v) is 18.4. The van der Waals surface area contributed by atoms with E-state index in [1.807, 2.05) is 66.9 Å². The first-order chi connectivity index (χ1) is 14.5. The highest BCUT2D eigenvalue weighted by Gasteiger charge is 2.27. The van der Waals surface area contributed by atoms with Crippen molar-refractivity contribution in [2.45, 2.75) is 43.1 Å². The average molecular weight is 443 g/mol. The number of hydrogen-bond acceptors (Lipinski definition) is 5. The fourth-order valence-electron chi connectivity index (χ4n) is 3.01. The van der Waals surface area contributed by atoms with Gasteiger partial charge in [0.15, 0.2) is 11.0 Å². The summed E-state index contributed by atoms with van der Waals surface area (Å²) >= 11 is 7.59. The first-order valence-corrected chi connectivity index (χ1v) is 11.2. The van der Waals surface area contributed by atoms with Gasteiger partial charge in [0.05, 0.1) is 11.9 Å². The third kappa shape index (κ3) is 4.79. The summed E-state index contributed by atoms with van der Waals surface area (Å²) in [6.45, 7) is 4.45. The van der Waals surface area contributed by atoms with Gasteiger partial charge in [0.2, 0.25) is 5.91 Å². The smallest absolute Gasteiger partial charge is 0.233 e. The maximum Gasteiger partial charge on any atom is 0.233 e. The molecule has 2 aromatic carbocycles. The van der Waals surface area contributed by atoms with Gasteiger partial charge in [-0.25, -0.2) is 0 Å². The summed E-state index contributed by atoms with van der Waals surface area (Å²) in [6, 6.07) is 15.6. The van der Waals surface area contributed by atoms with Crippen molar-refractivity contribution < 1.29 is 9.53 Å². The van der Waals surface area contributed by atoms with Crippen LogP contribution in [0.5, 0.6) is 5.75 Å². The Labute approximate surface area is 185 Å². The van der Waals surface area contributed by atoms with Gasteiger partial charge in [0.1, 0.15) is 5.75 Å². The SMILES string of the molecule is CCOc1ccc(-n2c(SC(C)C(=O)NC3CC3)nnc2-c2cccc(Cl)c2)cc1. The number of carbonyl (C=O) groups is 1. The van der Waals surface area contributed by atoms with Crippen molar-refractivity contribution in [3.8, 4) is 22.8 Å². The van der Waals surface area contributed by atoms with Crippen LogP contribution in [0.1, 0.15) is 26.7 Å². The molecule has 0 radical (unpaired) electrons. The van der Waals surface area contributed by atoms with E-state index in [2.05, 4.69) is 15.5 Å². The minimum absolute atomic E-state index is 0.0213. The molecular weight excluding hydrogens is 420 g/mol. The van der Waals surface area contributed by atoms with Crippen molar-refractivity contribution in [1.82, 2.24) is 20.1 Å². The molecule has 4 rings (SSSR count). The maximum atomic E-state index is 12.5. The number of nitrogens with zero attached hydrogens (tertiary/aromatic N) is 3. The molecular formula is C22H23ClN4O2S. The molecule has 0 bridgehead atoms. The monoisotopic (exact) mass is 442 g/mol. The van der Waals surface area contributed by atoms with E-state index in [0.717, 1.165) is 29.8 Å². The number of nitrogens with one attached hydrogen (secondary N) is 1. The largest absolute Gasteiger partial charge is 0.494 e. The molecule has 30 heavy (non-hydrogen) atoms. The Hall–Kier alpha value is -2.51. The number of thioether (sulfide) groups is 1. The van der Waals surface area contributed by atoms with Crippen LogP contribution < -0.4 is 10.1 Å². The Morgan fingerprint density at radius 1 is 1.27 bits per heavy atom. The van der Waals surface area contributed by atoms with Crippen LogP contribution >= 0.6 is 23.4 Å². The van der Waals surface area contributed by atoms with Crippen molar-refractivity contribution in [2.24, 2.45) is 0 Å². The van der Waals surface area contributed by atoms with Crippen LogP contribution in [-0.2, 0) is 4.79 Å². The molecule has 1 amide bonds. The van der Waals surface area contributed by atoms with Crippen LogP contribution in [0, 0.1) is 0 Å². The molecule has 1 atom stereocenters. The van der Waals surface area contributed by atoms with Crippen molar-refractivity contribution in [1.29, 1.82) is 0 Å². The molecule has 6 nitrogen and oxygen atoms in total. The van der Waals surface area contributed by atoms with Crippen molar-refractivity contribution in [3.05, 3.63) is 53.6 Å². The van der Waals surface area contributed by atoms with Gasteiger partial charge in [-0.1, -0.05) is 35.5 Å². The second-order valence-corrected chi connectivity index (χ2v) is 8.87. The first kappa shape index (κ1) is 20.8. The molecule has 0 saturated heterocycles. The van der Waals surface area contributed by atoms with Gasteiger partial charge in [-0.05, 0) is 63.1 Å². The number of ether oxygens (including phenoxy) is 1. The van der Waals surface area contributed by atoms with Gasteiger partial charge in [-0.2, -0.15) is 0 Å². The molecule has 1 heterocycles. The third-order valence-corrected chi connectivity index (χ3v) is 5.98. The zero-order valence-electron chi connectivity index (χ0n) is 16.8. The Morgan fingerprint density at radius 2 is 2.03 bits per heavy atom. The van der Waals surface area contributed by atoms with E-state index < -0.39 is 0 Å². The van der Waals surface area contributed by atoms with E-state index in [1.54, 1.807) is 0 Å². The van der Waals surface area contributed by atoms with Crippen molar-refractivity contribution in [2.75, 3.05) is 6.61 Å². The molecule has 1 aromatic heterocycles. The molecule has 156 valence electrons. The number of aromatic nitrogens is 3. The lowest BCUT2D eigenvalue weighted by atomic mass is 10.2. The average Bonchev–Trinajstić information content (AvgIpc) is 3.46. The quantitative estimate of drug-likeness (QED) is 0.510. The lowest BCUT2D eigenvalue weighted by molar-refractivity contribution is -0.120. The van der Waals surface area contributed by atoms with Crippen LogP contribution in [-0.4, -0.2) is 38.6 Å². The fourth-order valence-corrected chi connectivity index (χ4v) is 4.08. The van der Waals surface area contributed by atoms with Crippen LogP contribution in [0.3, 0.4) is 0 Å². The van der Waals surface area contributed by atoms with Crippen LogP contribution in [0.4, 0.5) is 0 Å². The predicted molar refractivity (Wildman–Crippen MR) is 119 cm³/mol. The van der Waals surface area contributed by atoms with Crippen molar-refractivity contribution >= 4 is 29.3 Å². The Kier molecular flexibility index (Phi) is 6.29. The van der Waals surface area contributed by atoms with E-state index in [1.165, 1.54) is 11.8 Å². The fraction of sp³-hybridized carbons (Fsp3) is 0.318. The number of hydrogen-bond donors (Lipinski definition) is 1. The summed E-state index contributed by atoms with van der Waals surface area (Å²) < 4.78 is 7.51. The highest BCUT2D eigenvalue weighted by molar-refractivity contribution is 8.00. The van der Waals surface area contributed by atoms with E-state index in [-0.39, 0.29) is 11.2 Å². The molecule has 1 aliphatic carbocycles. The molecule has 1 N–H and O–H groups in total. The summed E-state index contributed by atoms with van der Waals surface area (Å²) in [6.07, 6.45) is 2.12. The van der Waals surface area contributed by atoms with Crippen LogP contribution in [0.15, 0.2) is 53.7 Å². The van der Waals surface area contributed by atoms with Gasteiger partial charge < -0.3 is 10.1 Å². The Bertz CT molecular complexity index is 1030.